The van der Waals surface area contributed by atoms with E-state index in [-0.39, 0.29) is 5.91 Å². The number of carbonyl (C=O) groups excluding carboxylic acids is 1. The lowest BCUT2D eigenvalue weighted by molar-refractivity contribution is -0.122. The van der Waals surface area contributed by atoms with Crippen LogP contribution in [0.2, 0.25) is 0 Å². The Hall–Kier alpha value is -2.56. The molecule has 0 fully saturated rings. The molecule has 2 N–H and O–H groups in total. The molecule has 2 heterocycles. The number of nitrogens with zero attached hydrogens (tertiary/aromatic N) is 1. The first-order valence-electron chi connectivity index (χ1n) is 6.45. The van der Waals surface area contributed by atoms with Gasteiger partial charge in [-0.05, 0) is 36.8 Å². The van der Waals surface area contributed by atoms with E-state index in [1.54, 1.807) is 6.20 Å². The summed E-state index contributed by atoms with van der Waals surface area (Å²) in [7, 11) is 0. The van der Waals surface area contributed by atoms with Crippen molar-refractivity contribution in [2.45, 2.75) is 13.0 Å². The molecule has 1 amide bonds. The highest BCUT2D eigenvalue weighted by atomic mass is 16.5. The number of hydrogen-bond acceptors (Lipinski definition) is 4. The van der Waals surface area contributed by atoms with Crippen LogP contribution in [0.3, 0.4) is 0 Å². The van der Waals surface area contributed by atoms with Gasteiger partial charge in [-0.1, -0.05) is 12.1 Å². The monoisotopic (exact) mass is 269 g/mol. The maximum absolute atomic E-state index is 12.2. The number of nitrogens with one attached hydrogen (secondary N) is 2. The van der Waals surface area contributed by atoms with Gasteiger partial charge in [0, 0.05) is 6.20 Å². The highest BCUT2D eigenvalue weighted by molar-refractivity contribution is 5.94. The number of aryl methyl sites for hydroxylation is 1. The second kappa shape index (κ2) is 5.21. The van der Waals surface area contributed by atoms with E-state index in [2.05, 4.69) is 15.6 Å². The van der Waals surface area contributed by atoms with Crippen LogP contribution in [-0.2, 0) is 4.79 Å². The molecular weight excluding hydrogens is 254 g/mol. The number of anilines is 2. The lowest BCUT2D eigenvalue weighted by Crippen LogP contribution is -2.41. The van der Waals surface area contributed by atoms with Gasteiger partial charge >= 0.3 is 0 Å². The number of para-hydroxylation sites is 2. The summed E-state index contributed by atoms with van der Waals surface area (Å²) >= 11 is 0. The van der Waals surface area contributed by atoms with Crippen LogP contribution in [-0.4, -0.2) is 23.5 Å². The number of benzene rings is 1. The largest absolute Gasteiger partial charge is 0.477 e. The number of ether oxygens (including phenoxy) is 1. The SMILES string of the molecule is Cc1ccnc(NC(=O)C2CNc3ccccc3O2)c1. The fourth-order valence-electron chi connectivity index (χ4n) is 2.07. The molecule has 102 valence electrons. The quantitative estimate of drug-likeness (QED) is 0.877. The van der Waals surface area contributed by atoms with Crippen molar-refractivity contribution in [2.24, 2.45) is 0 Å². The number of hydrogen-bond donors (Lipinski definition) is 2. The number of aromatic nitrogens is 1. The predicted molar refractivity (Wildman–Crippen MR) is 77.0 cm³/mol. The number of pyridine rings is 1. The van der Waals surface area contributed by atoms with Crippen molar-refractivity contribution in [3.8, 4) is 5.75 Å². The zero-order valence-corrected chi connectivity index (χ0v) is 11.1. The lowest BCUT2D eigenvalue weighted by Gasteiger charge is -2.26. The van der Waals surface area contributed by atoms with Crippen LogP contribution >= 0.6 is 0 Å². The smallest absolute Gasteiger partial charge is 0.268 e. The molecule has 1 aromatic heterocycles. The minimum absolute atomic E-state index is 0.204. The third-order valence-corrected chi connectivity index (χ3v) is 3.09. The van der Waals surface area contributed by atoms with E-state index in [0.717, 1.165) is 11.3 Å². The third-order valence-electron chi connectivity index (χ3n) is 3.09. The fraction of sp³-hybridized carbons (Fsp3) is 0.200. The first-order valence-corrected chi connectivity index (χ1v) is 6.45. The minimum Gasteiger partial charge on any atom is -0.477 e. The number of amides is 1. The Morgan fingerprint density at radius 1 is 1.40 bits per heavy atom. The summed E-state index contributed by atoms with van der Waals surface area (Å²) in [5.74, 6) is 1.03. The molecule has 1 atom stereocenters. The summed E-state index contributed by atoms with van der Waals surface area (Å²) < 4.78 is 5.69. The van der Waals surface area contributed by atoms with Gasteiger partial charge in [0.15, 0.2) is 6.10 Å². The summed E-state index contributed by atoms with van der Waals surface area (Å²) in [6.07, 6.45) is 1.10. The Labute approximate surface area is 117 Å². The Balaban J connectivity index is 1.70. The van der Waals surface area contributed by atoms with E-state index in [1.807, 2.05) is 43.3 Å². The van der Waals surface area contributed by atoms with Crippen LogP contribution in [0.4, 0.5) is 11.5 Å². The zero-order valence-electron chi connectivity index (χ0n) is 11.1. The van der Waals surface area contributed by atoms with Gasteiger partial charge in [0.05, 0.1) is 12.2 Å². The maximum atomic E-state index is 12.2. The number of rotatable bonds is 2. The Morgan fingerprint density at radius 3 is 3.10 bits per heavy atom. The van der Waals surface area contributed by atoms with Crippen molar-refractivity contribution in [2.75, 3.05) is 17.2 Å². The molecule has 0 bridgehead atoms. The molecule has 0 spiro atoms. The average Bonchev–Trinajstić information content (AvgIpc) is 2.47. The second-order valence-electron chi connectivity index (χ2n) is 4.69. The van der Waals surface area contributed by atoms with Gasteiger partial charge in [-0.25, -0.2) is 4.98 Å². The van der Waals surface area contributed by atoms with Gasteiger partial charge < -0.3 is 15.4 Å². The average molecular weight is 269 g/mol. The topological polar surface area (TPSA) is 63.2 Å². The van der Waals surface area contributed by atoms with Crippen molar-refractivity contribution in [3.63, 3.8) is 0 Å². The van der Waals surface area contributed by atoms with Gasteiger partial charge in [0.1, 0.15) is 11.6 Å². The molecule has 0 aliphatic carbocycles. The van der Waals surface area contributed by atoms with Gasteiger partial charge in [0.25, 0.3) is 5.91 Å². The molecule has 2 aromatic rings. The van der Waals surface area contributed by atoms with Crippen LogP contribution in [0.25, 0.3) is 0 Å². The number of carbonyl (C=O) groups is 1. The van der Waals surface area contributed by atoms with Gasteiger partial charge in [-0.2, -0.15) is 0 Å². The molecule has 0 radical (unpaired) electrons. The standard InChI is InChI=1S/C15H15N3O2/c1-10-6-7-16-14(8-10)18-15(19)13-9-17-11-4-2-3-5-12(11)20-13/h2-8,13,17H,9H2,1H3,(H,16,18,19). The summed E-state index contributed by atoms with van der Waals surface area (Å²) in [6.45, 7) is 2.39. The van der Waals surface area contributed by atoms with E-state index in [4.69, 9.17) is 4.74 Å². The number of fused-ring (bicyclic) bond motifs is 1. The van der Waals surface area contributed by atoms with E-state index in [0.29, 0.717) is 18.1 Å². The molecule has 5 nitrogen and oxygen atoms in total. The van der Waals surface area contributed by atoms with Crippen LogP contribution in [0.1, 0.15) is 5.56 Å². The van der Waals surface area contributed by atoms with E-state index in [1.165, 1.54) is 0 Å². The maximum Gasteiger partial charge on any atom is 0.268 e. The Bertz CT molecular complexity index is 643. The summed E-state index contributed by atoms with van der Waals surface area (Å²) in [6, 6.07) is 11.3. The highest BCUT2D eigenvalue weighted by Gasteiger charge is 2.25. The van der Waals surface area contributed by atoms with Crippen molar-refractivity contribution in [3.05, 3.63) is 48.2 Å². The van der Waals surface area contributed by atoms with E-state index in [9.17, 15) is 4.79 Å². The molecule has 1 aromatic carbocycles. The third kappa shape index (κ3) is 2.56. The molecule has 5 heteroatoms. The van der Waals surface area contributed by atoms with Crippen LogP contribution in [0.15, 0.2) is 42.6 Å². The van der Waals surface area contributed by atoms with Gasteiger partial charge in [0.2, 0.25) is 0 Å². The molecule has 20 heavy (non-hydrogen) atoms. The minimum atomic E-state index is -0.563. The molecule has 1 aliphatic rings. The zero-order chi connectivity index (χ0) is 13.9. The fourth-order valence-corrected chi connectivity index (χ4v) is 2.07. The Kier molecular flexibility index (Phi) is 3.25. The highest BCUT2D eigenvalue weighted by Crippen LogP contribution is 2.28. The van der Waals surface area contributed by atoms with Crippen molar-refractivity contribution in [1.82, 2.24) is 4.98 Å². The van der Waals surface area contributed by atoms with Crippen molar-refractivity contribution < 1.29 is 9.53 Å². The Morgan fingerprint density at radius 2 is 2.25 bits per heavy atom. The lowest BCUT2D eigenvalue weighted by atomic mass is 10.2. The van der Waals surface area contributed by atoms with E-state index >= 15 is 0 Å². The van der Waals surface area contributed by atoms with Crippen LogP contribution < -0.4 is 15.4 Å². The molecule has 0 saturated carbocycles. The van der Waals surface area contributed by atoms with Gasteiger partial charge in [-0.15, -0.1) is 0 Å². The summed E-state index contributed by atoms with van der Waals surface area (Å²) in [5.41, 5.74) is 1.95. The van der Waals surface area contributed by atoms with Crippen molar-refractivity contribution in [1.29, 1.82) is 0 Å². The summed E-state index contributed by atoms with van der Waals surface area (Å²) in [5, 5.41) is 5.95. The van der Waals surface area contributed by atoms with Crippen molar-refractivity contribution >= 4 is 17.4 Å². The predicted octanol–water partition coefficient (Wildman–Crippen LogP) is 2.20. The van der Waals surface area contributed by atoms with Crippen LogP contribution in [0.5, 0.6) is 5.75 Å². The molecule has 3 rings (SSSR count). The first-order chi connectivity index (χ1) is 9.72. The molecule has 1 unspecified atom stereocenters. The molecule has 0 saturated heterocycles. The first kappa shape index (κ1) is 12.5. The van der Waals surface area contributed by atoms with E-state index < -0.39 is 6.10 Å². The molecule has 1 aliphatic heterocycles. The molecular formula is C15H15N3O2. The van der Waals surface area contributed by atoms with Gasteiger partial charge in [-0.3, -0.25) is 4.79 Å². The van der Waals surface area contributed by atoms with Crippen LogP contribution in [0, 0.1) is 6.92 Å². The second-order valence-corrected chi connectivity index (χ2v) is 4.69. The summed E-state index contributed by atoms with van der Waals surface area (Å²) in [4.78, 5) is 16.3. The normalized spacial score (nSPS) is 16.6.